The molecular formula is C19H18F3N3O3. The number of nitrogens with one attached hydrogen (secondary N) is 1. The molecule has 0 saturated carbocycles. The molecule has 148 valence electrons. The van der Waals surface area contributed by atoms with E-state index in [0.29, 0.717) is 0 Å². The number of fused-ring (bicyclic) bond motifs is 1. The van der Waals surface area contributed by atoms with E-state index in [1.807, 2.05) is 18.2 Å². The van der Waals surface area contributed by atoms with Crippen LogP contribution in [0.15, 0.2) is 48.7 Å². The second-order valence-corrected chi connectivity index (χ2v) is 6.05. The van der Waals surface area contributed by atoms with E-state index >= 15 is 0 Å². The lowest BCUT2D eigenvalue weighted by atomic mass is 10.2. The number of nitrogens with zero attached hydrogens (tertiary/aromatic N) is 2. The van der Waals surface area contributed by atoms with E-state index in [1.165, 1.54) is 30.2 Å². The Balaban J connectivity index is 1.82. The van der Waals surface area contributed by atoms with Crippen LogP contribution in [0.4, 0.5) is 13.2 Å². The highest BCUT2D eigenvalue weighted by Gasteiger charge is 2.29. The van der Waals surface area contributed by atoms with E-state index in [9.17, 15) is 18.0 Å². The number of benzene rings is 1. The summed E-state index contributed by atoms with van der Waals surface area (Å²) in [5.41, 5.74) is 1.17. The van der Waals surface area contributed by atoms with Gasteiger partial charge in [-0.15, -0.1) is 0 Å². The fraction of sp³-hybridized carbons (Fsp3) is 0.263. The lowest BCUT2D eigenvalue weighted by molar-refractivity contribution is -0.153. The zero-order valence-electron chi connectivity index (χ0n) is 15.2. The van der Waals surface area contributed by atoms with Crippen molar-refractivity contribution in [1.82, 2.24) is 15.0 Å². The van der Waals surface area contributed by atoms with Gasteiger partial charge in [-0.05, 0) is 31.2 Å². The Morgan fingerprint density at radius 2 is 2.00 bits per heavy atom. The first-order valence-electron chi connectivity index (χ1n) is 8.40. The molecule has 0 aliphatic rings. The zero-order valence-corrected chi connectivity index (χ0v) is 15.2. The number of pyridine rings is 1. The van der Waals surface area contributed by atoms with Crippen LogP contribution in [0.2, 0.25) is 0 Å². The summed E-state index contributed by atoms with van der Waals surface area (Å²) in [6, 6.07) is 11.1. The Bertz CT molecular complexity index is 985. The summed E-state index contributed by atoms with van der Waals surface area (Å²) in [4.78, 5) is 22.1. The average molecular weight is 393 g/mol. The molecule has 2 heterocycles. The van der Waals surface area contributed by atoms with Gasteiger partial charge < -0.3 is 14.9 Å². The molecule has 1 aromatic carbocycles. The molecule has 1 N–H and O–H groups in total. The quantitative estimate of drug-likeness (QED) is 0.696. The van der Waals surface area contributed by atoms with Crippen molar-refractivity contribution < 1.29 is 27.5 Å². The molecule has 9 heteroatoms. The SMILES string of the molecule is COn1c(C(=O)N[C@H](C)c2ncccc2OCC(F)(F)F)cc2ccccc21. The van der Waals surface area contributed by atoms with Crippen LogP contribution in [-0.2, 0) is 0 Å². The Kier molecular flexibility index (Phi) is 5.43. The minimum atomic E-state index is -4.47. The summed E-state index contributed by atoms with van der Waals surface area (Å²) in [5.74, 6) is -0.502. The second kappa shape index (κ2) is 7.79. The highest BCUT2D eigenvalue weighted by atomic mass is 19.4. The largest absolute Gasteiger partial charge is 0.482 e. The zero-order chi connectivity index (χ0) is 20.3. The van der Waals surface area contributed by atoms with Gasteiger partial charge >= 0.3 is 6.18 Å². The van der Waals surface area contributed by atoms with Gasteiger partial charge in [-0.25, -0.2) is 0 Å². The van der Waals surface area contributed by atoms with Gasteiger partial charge in [-0.1, -0.05) is 18.2 Å². The Morgan fingerprint density at radius 3 is 2.71 bits per heavy atom. The van der Waals surface area contributed by atoms with Crippen molar-refractivity contribution in [2.45, 2.75) is 19.1 Å². The number of rotatable bonds is 6. The normalized spacial score (nSPS) is 12.6. The van der Waals surface area contributed by atoms with Crippen molar-refractivity contribution >= 4 is 16.8 Å². The number of carbonyl (C=O) groups excluding carboxylic acids is 1. The van der Waals surface area contributed by atoms with Crippen molar-refractivity contribution in [1.29, 1.82) is 0 Å². The molecule has 28 heavy (non-hydrogen) atoms. The van der Waals surface area contributed by atoms with Gasteiger partial charge in [0.05, 0.1) is 11.6 Å². The smallest absolute Gasteiger partial charge is 0.422 e. The molecule has 0 aliphatic heterocycles. The molecule has 3 aromatic rings. The topological polar surface area (TPSA) is 65.4 Å². The summed E-state index contributed by atoms with van der Waals surface area (Å²) in [6.07, 6.45) is -3.05. The van der Waals surface area contributed by atoms with Gasteiger partial charge in [-0.2, -0.15) is 17.9 Å². The number of hydrogen-bond donors (Lipinski definition) is 1. The third kappa shape index (κ3) is 4.19. The maximum absolute atomic E-state index is 12.7. The molecular weight excluding hydrogens is 375 g/mol. The Labute approximate surface area is 158 Å². The van der Waals surface area contributed by atoms with E-state index in [1.54, 1.807) is 19.1 Å². The van der Waals surface area contributed by atoms with Gasteiger partial charge in [0.1, 0.15) is 24.2 Å². The third-order valence-electron chi connectivity index (χ3n) is 4.03. The number of alkyl halides is 3. The monoisotopic (exact) mass is 393 g/mol. The molecule has 1 atom stereocenters. The van der Waals surface area contributed by atoms with Gasteiger partial charge in [0, 0.05) is 11.6 Å². The minimum absolute atomic E-state index is 0.0417. The van der Waals surface area contributed by atoms with Crippen LogP contribution in [0.25, 0.3) is 10.9 Å². The van der Waals surface area contributed by atoms with Crippen LogP contribution in [0.3, 0.4) is 0 Å². The van der Waals surface area contributed by atoms with Crippen molar-refractivity contribution in [3.63, 3.8) is 0 Å². The van der Waals surface area contributed by atoms with Crippen LogP contribution in [0.1, 0.15) is 29.1 Å². The molecule has 3 rings (SSSR count). The van der Waals surface area contributed by atoms with Crippen LogP contribution in [0, 0.1) is 0 Å². The van der Waals surface area contributed by atoms with Crippen molar-refractivity contribution in [3.05, 3.63) is 60.0 Å². The third-order valence-corrected chi connectivity index (χ3v) is 4.03. The lowest BCUT2D eigenvalue weighted by Crippen LogP contribution is -2.30. The van der Waals surface area contributed by atoms with E-state index in [2.05, 4.69) is 10.3 Å². The number of para-hydroxylation sites is 1. The molecule has 6 nitrogen and oxygen atoms in total. The number of carbonyl (C=O) groups is 1. The highest BCUT2D eigenvalue weighted by molar-refractivity contribution is 5.98. The summed E-state index contributed by atoms with van der Waals surface area (Å²) >= 11 is 0. The molecule has 2 aromatic heterocycles. The summed E-state index contributed by atoms with van der Waals surface area (Å²) in [5, 5.41) is 3.54. The molecule has 0 unspecified atom stereocenters. The van der Waals surface area contributed by atoms with E-state index in [4.69, 9.17) is 9.57 Å². The molecule has 0 radical (unpaired) electrons. The highest BCUT2D eigenvalue weighted by Crippen LogP contribution is 2.26. The minimum Gasteiger partial charge on any atom is -0.482 e. The summed E-state index contributed by atoms with van der Waals surface area (Å²) < 4.78 is 43.6. The molecule has 0 spiro atoms. The van der Waals surface area contributed by atoms with Gasteiger partial charge in [-0.3, -0.25) is 9.78 Å². The number of hydrogen-bond acceptors (Lipinski definition) is 4. The van der Waals surface area contributed by atoms with E-state index < -0.39 is 24.7 Å². The van der Waals surface area contributed by atoms with Crippen LogP contribution in [0.5, 0.6) is 5.75 Å². The molecule has 0 bridgehead atoms. The van der Waals surface area contributed by atoms with Gasteiger partial charge in [0.15, 0.2) is 6.61 Å². The lowest BCUT2D eigenvalue weighted by Gasteiger charge is -2.18. The van der Waals surface area contributed by atoms with Crippen molar-refractivity contribution in [3.8, 4) is 5.75 Å². The molecule has 0 saturated heterocycles. The van der Waals surface area contributed by atoms with E-state index in [-0.39, 0.29) is 17.1 Å². The maximum atomic E-state index is 12.7. The van der Waals surface area contributed by atoms with Gasteiger partial charge in [0.25, 0.3) is 5.91 Å². The second-order valence-electron chi connectivity index (χ2n) is 6.05. The molecule has 0 aliphatic carbocycles. The maximum Gasteiger partial charge on any atom is 0.422 e. The Hall–Kier alpha value is -3.23. The van der Waals surface area contributed by atoms with Crippen molar-refractivity contribution in [2.75, 3.05) is 13.7 Å². The summed E-state index contributed by atoms with van der Waals surface area (Å²) in [6.45, 7) is 0.171. The number of ether oxygens (including phenoxy) is 1. The first-order valence-corrected chi connectivity index (χ1v) is 8.40. The number of halogens is 3. The number of aromatic nitrogens is 2. The molecule has 0 fully saturated rings. The number of amides is 1. The fourth-order valence-electron chi connectivity index (χ4n) is 2.83. The Morgan fingerprint density at radius 1 is 1.25 bits per heavy atom. The van der Waals surface area contributed by atoms with Crippen LogP contribution < -0.4 is 14.9 Å². The predicted octanol–water partition coefficient (Wildman–Crippen LogP) is 3.53. The fourth-order valence-corrected chi connectivity index (χ4v) is 2.83. The van der Waals surface area contributed by atoms with Gasteiger partial charge in [0.2, 0.25) is 0 Å². The standard InChI is InChI=1S/C19H18F3N3O3/c1-12(17-16(8-5-9-23-17)28-11-19(20,21)22)24-18(26)15-10-13-6-3-4-7-14(13)25(15)27-2/h3-10,12H,11H2,1-2H3,(H,24,26)/t12-/m1/s1. The first kappa shape index (κ1) is 19.5. The van der Waals surface area contributed by atoms with E-state index in [0.717, 1.165) is 10.9 Å². The average Bonchev–Trinajstić information content (AvgIpc) is 3.04. The first-order chi connectivity index (χ1) is 13.3. The molecule has 1 amide bonds. The summed E-state index contributed by atoms with van der Waals surface area (Å²) in [7, 11) is 1.44. The predicted molar refractivity (Wildman–Crippen MR) is 96.1 cm³/mol. The van der Waals surface area contributed by atoms with Crippen molar-refractivity contribution in [2.24, 2.45) is 0 Å². The van der Waals surface area contributed by atoms with Crippen LogP contribution >= 0.6 is 0 Å². The van der Waals surface area contributed by atoms with Crippen LogP contribution in [-0.4, -0.2) is 35.5 Å².